The van der Waals surface area contributed by atoms with E-state index in [1.165, 1.54) is 0 Å². The third-order valence-electron chi connectivity index (χ3n) is 3.62. The maximum atomic E-state index is 12.2. The van der Waals surface area contributed by atoms with Crippen molar-refractivity contribution in [3.8, 4) is 0 Å². The van der Waals surface area contributed by atoms with Gasteiger partial charge in [-0.2, -0.15) is 0 Å². The molecule has 0 radical (unpaired) electrons. The SMILES string of the molecule is CN(C)Cc1ccc(C(=O)NC(CC(=O)O)C2CC2)cc1. The summed E-state index contributed by atoms with van der Waals surface area (Å²) in [5, 5.41) is 11.8. The number of hydrogen-bond donors (Lipinski definition) is 2. The lowest BCUT2D eigenvalue weighted by Crippen LogP contribution is -2.38. The number of nitrogens with zero attached hydrogens (tertiary/aromatic N) is 1. The molecule has 0 heterocycles. The van der Waals surface area contributed by atoms with Crippen molar-refractivity contribution < 1.29 is 14.7 Å². The number of benzene rings is 1. The Morgan fingerprint density at radius 2 is 1.90 bits per heavy atom. The average molecular weight is 290 g/mol. The van der Waals surface area contributed by atoms with E-state index in [-0.39, 0.29) is 18.4 Å². The zero-order valence-corrected chi connectivity index (χ0v) is 12.5. The molecule has 5 heteroatoms. The predicted octanol–water partition coefficient (Wildman–Crippen LogP) is 1.73. The van der Waals surface area contributed by atoms with Crippen LogP contribution in [0.3, 0.4) is 0 Å². The molecule has 1 saturated carbocycles. The van der Waals surface area contributed by atoms with E-state index < -0.39 is 5.97 Å². The smallest absolute Gasteiger partial charge is 0.305 e. The molecule has 1 atom stereocenters. The Balaban J connectivity index is 1.96. The predicted molar refractivity (Wildman–Crippen MR) is 80.1 cm³/mol. The molecule has 0 saturated heterocycles. The lowest BCUT2D eigenvalue weighted by Gasteiger charge is -2.16. The second-order valence-corrected chi connectivity index (χ2v) is 5.95. The number of amides is 1. The Morgan fingerprint density at radius 3 is 2.38 bits per heavy atom. The molecule has 0 bridgehead atoms. The van der Waals surface area contributed by atoms with E-state index in [1.54, 1.807) is 12.1 Å². The summed E-state index contributed by atoms with van der Waals surface area (Å²) < 4.78 is 0. The Hall–Kier alpha value is -1.88. The van der Waals surface area contributed by atoms with Gasteiger partial charge in [0.25, 0.3) is 5.91 Å². The number of rotatable bonds is 7. The normalized spacial score (nSPS) is 15.8. The first kappa shape index (κ1) is 15.5. The summed E-state index contributed by atoms with van der Waals surface area (Å²) in [4.78, 5) is 25.1. The fourth-order valence-electron chi connectivity index (χ4n) is 2.40. The molecule has 1 fully saturated rings. The molecule has 1 unspecified atom stereocenters. The number of carboxylic acids is 1. The first-order valence-electron chi connectivity index (χ1n) is 7.22. The molecule has 1 amide bonds. The third-order valence-corrected chi connectivity index (χ3v) is 3.62. The maximum Gasteiger partial charge on any atom is 0.305 e. The van der Waals surface area contributed by atoms with Gasteiger partial charge in [-0.15, -0.1) is 0 Å². The molecule has 2 N–H and O–H groups in total. The highest BCUT2D eigenvalue weighted by atomic mass is 16.4. The van der Waals surface area contributed by atoms with Crippen LogP contribution in [0.25, 0.3) is 0 Å². The van der Waals surface area contributed by atoms with Gasteiger partial charge in [0.15, 0.2) is 0 Å². The van der Waals surface area contributed by atoms with Crippen molar-refractivity contribution in [3.63, 3.8) is 0 Å². The van der Waals surface area contributed by atoms with Crippen LogP contribution in [0.5, 0.6) is 0 Å². The third kappa shape index (κ3) is 4.86. The molecule has 21 heavy (non-hydrogen) atoms. The van der Waals surface area contributed by atoms with Crippen molar-refractivity contribution in [1.29, 1.82) is 0 Å². The molecule has 0 aliphatic heterocycles. The van der Waals surface area contributed by atoms with Gasteiger partial charge in [0, 0.05) is 18.2 Å². The first-order chi connectivity index (χ1) is 9.95. The number of carboxylic acid groups (broad SMARTS) is 1. The number of carbonyl (C=O) groups is 2. The van der Waals surface area contributed by atoms with Gasteiger partial charge in [-0.3, -0.25) is 9.59 Å². The molecular weight excluding hydrogens is 268 g/mol. The Labute approximate surface area is 125 Å². The van der Waals surface area contributed by atoms with E-state index in [9.17, 15) is 9.59 Å². The summed E-state index contributed by atoms with van der Waals surface area (Å²) in [6.45, 7) is 0.825. The maximum absolute atomic E-state index is 12.2. The largest absolute Gasteiger partial charge is 0.481 e. The van der Waals surface area contributed by atoms with Gasteiger partial charge >= 0.3 is 5.97 Å². The highest BCUT2D eigenvalue weighted by molar-refractivity contribution is 5.94. The minimum Gasteiger partial charge on any atom is -0.481 e. The van der Waals surface area contributed by atoms with E-state index in [0.717, 1.165) is 24.9 Å². The van der Waals surface area contributed by atoms with Crippen LogP contribution in [0, 0.1) is 5.92 Å². The van der Waals surface area contributed by atoms with E-state index in [4.69, 9.17) is 5.11 Å². The molecule has 2 rings (SSSR count). The van der Waals surface area contributed by atoms with Crippen LogP contribution in [0.1, 0.15) is 35.2 Å². The number of aliphatic carboxylic acids is 1. The highest BCUT2D eigenvalue weighted by Crippen LogP contribution is 2.34. The Morgan fingerprint density at radius 1 is 1.29 bits per heavy atom. The zero-order chi connectivity index (χ0) is 15.4. The van der Waals surface area contributed by atoms with Crippen LogP contribution in [-0.2, 0) is 11.3 Å². The molecule has 5 nitrogen and oxygen atoms in total. The summed E-state index contributed by atoms with van der Waals surface area (Å²) in [6.07, 6.45) is 2.00. The zero-order valence-electron chi connectivity index (χ0n) is 12.5. The van der Waals surface area contributed by atoms with Crippen molar-refractivity contribution >= 4 is 11.9 Å². The summed E-state index contributed by atoms with van der Waals surface area (Å²) in [6, 6.07) is 7.19. The van der Waals surface area contributed by atoms with Gasteiger partial charge < -0.3 is 15.3 Å². The quantitative estimate of drug-likeness (QED) is 0.802. The van der Waals surface area contributed by atoms with Crippen LogP contribution in [0.4, 0.5) is 0 Å². The Kier molecular flexibility index (Phi) is 4.96. The Bertz CT molecular complexity index is 507. The van der Waals surface area contributed by atoms with Gasteiger partial charge in [-0.25, -0.2) is 0 Å². The second-order valence-electron chi connectivity index (χ2n) is 5.95. The highest BCUT2D eigenvalue weighted by Gasteiger charge is 2.33. The van der Waals surface area contributed by atoms with Crippen LogP contribution in [0.2, 0.25) is 0 Å². The summed E-state index contributed by atoms with van der Waals surface area (Å²) in [5.41, 5.74) is 1.72. The molecule has 1 aliphatic rings. The monoisotopic (exact) mass is 290 g/mol. The lowest BCUT2D eigenvalue weighted by atomic mass is 10.1. The van der Waals surface area contributed by atoms with Crippen molar-refractivity contribution in [2.75, 3.05) is 14.1 Å². The number of nitrogens with one attached hydrogen (secondary N) is 1. The van der Waals surface area contributed by atoms with E-state index >= 15 is 0 Å². The van der Waals surface area contributed by atoms with Gasteiger partial charge in [0.1, 0.15) is 0 Å². The van der Waals surface area contributed by atoms with Gasteiger partial charge in [0.2, 0.25) is 0 Å². The topological polar surface area (TPSA) is 69.6 Å². The molecule has 1 aromatic carbocycles. The molecule has 0 aromatic heterocycles. The van der Waals surface area contributed by atoms with E-state index in [0.29, 0.717) is 11.5 Å². The van der Waals surface area contributed by atoms with E-state index in [2.05, 4.69) is 10.2 Å². The molecule has 114 valence electrons. The second kappa shape index (κ2) is 6.72. The van der Waals surface area contributed by atoms with Crippen LogP contribution in [0.15, 0.2) is 24.3 Å². The molecular formula is C16H22N2O3. The summed E-state index contributed by atoms with van der Waals surface area (Å²) in [5.74, 6) is -0.740. The molecule has 0 spiro atoms. The van der Waals surface area contributed by atoms with Gasteiger partial charge in [0.05, 0.1) is 6.42 Å². The fourth-order valence-corrected chi connectivity index (χ4v) is 2.40. The van der Waals surface area contributed by atoms with Crippen LogP contribution < -0.4 is 5.32 Å². The van der Waals surface area contributed by atoms with Gasteiger partial charge in [-0.1, -0.05) is 12.1 Å². The molecule has 1 aromatic rings. The molecule has 1 aliphatic carbocycles. The summed E-state index contributed by atoms with van der Waals surface area (Å²) in [7, 11) is 3.99. The van der Waals surface area contributed by atoms with Gasteiger partial charge in [-0.05, 0) is 50.6 Å². The van der Waals surface area contributed by atoms with Crippen LogP contribution >= 0.6 is 0 Å². The van der Waals surface area contributed by atoms with Crippen molar-refractivity contribution in [3.05, 3.63) is 35.4 Å². The van der Waals surface area contributed by atoms with Crippen molar-refractivity contribution in [2.24, 2.45) is 5.92 Å². The number of hydrogen-bond acceptors (Lipinski definition) is 3. The lowest BCUT2D eigenvalue weighted by molar-refractivity contribution is -0.137. The standard InChI is InChI=1S/C16H22N2O3/c1-18(2)10-11-3-5-13(6-4-11)16(21)17-14(9-15(19)20)12-7-8-12/h3-6,12,14H,7-10H2,1-2H3,(H,17,21)(H,19,20). The minimum atomic E-state index is -0.867. The average Bonchev–Trinajstić information content (AvgIpc) is 3.21. The number of carbonyl (C=O) groups excluding carboxylic acids is 1. The van der Waals surface area contributed by atoms with Crippen LogP contribution in [-0.4, -0.2) is 42.0 Å². The summed E-state index contributed by atoms with van der Waals surface area (Å²) >= 11 is 0. The first-order valence-corrected chi connectivity index (χ1v) is 7.22. The van der Waals surface area contributed by atoms with Crippen molar-refractivity contribution in [2.45, 2.75) is 31.8 Å². The van der Waals surface area contributed by atoms with Crippen molar-refractivity contribution in [1.82, 2.24) is 10.2 Å². The fraction of sp³-hybridized carbons (Fsp3) is 0.500. The van der Waals surface area contributed by atoms with E-state index in [1.807, 2.05) is 26.2 Å². The minimum absolute atomic E-state index is 0.00484.